The average molecular weight is 405 g/mol. The van der Waals surface area contributed by atoms with Crippen LogP contribution in [0.2, 0.25) is 0 Å². The molecule has 1 aromatic carbocycles. The van der Waals surface area contributed by atoms with Gasteiger partial charge in [-0.15, -0.1) is 0 Å². The Labute approximate surface area is 168 Å². The van der Waals surface area contributed by atoms with Crippen molar-refractivity contribution in [2.75, 3.05) is 31.6 Å². The Morgan fingerprint density at radius 1 is 1.41 bits per heavy atom. The normalized spacial score (nSPS) is 17.0. The van der Waals surface area contributed by atoms with Gasteiger partial charge in [-0.2, -0.15) is 5.10 Å². The largest absolute Gasteiger partial charge is 0.488 e. The summed E-state index contributed by atoms with van der Waals surface area (Å²) in [5.41, 5.74) is 2.10. The highest BCUT2D eigenvalue weighted by molar-refractivity contribution is 5.90. The molecule has 2 aromatic rings. The molecule has 0 spiro atoms. The van der Waals surface area contributed by atoms with Crippen LogP contribution in [0, 0.1) is 0 Å². The number of aryl methyl sites for hydroxylation is 1. The van der Waals surface area contributed by atoms with Crippen LogP contribution in [-0.4, -0.2) is 48.2 Å². The number of nitrogens with zero attached hydrogens (tertiary/aromatic N) is 2. The molecule has 0 saturated carbocycles. The lowest BCUT2D eigenvalue weighted by atomic mass is 10.1. The van der Waals surface area contributed by atoms with E-state index in [2.05, 4.69) is 21.0 Å². The minimum Gasteiger partial charge on any atom is -0.488 e. The van der Waals surface area contributed by atoms with E-state index in [1.54, 1.807) is 29.1 Å². The molecule has 3 rings (SSSR count). The summed E-state index contributed by atoms with van der Waals surface area (Å²) in [7, 11) is 1.82. The number of anilines is 1. The lowest BCUT2D eigenvalue weighted by molar-refractivity contribution is 0.224. The summed E-state index contributed by atoms with van der Waals surface area (Å²) in [6, 6.07) is 6.57. The standard InChI is InChI=1S/C20H25F2N5O2/c1-13(10-21)17(22)12-24-20(28)26-14-3-4-19(29-15-5-7-23-11-15)16(9-14)18-6-8-25-27(18)2/h3-4,6,8-9,15,23H,5,7,10-12H2,1-2H3,(H2,24,26,28)/b17-13-/t15-/m0/s1. The molecule has 0 radical (unpaired) electrons. The quantitative estimate of drug-likeness (QED) is 0.661. The first kappa shape index (κ1) is 20.8. The van der Waals surface area contributed by atoms with E-state index in [4.69, 9.17) is 4.74 Å². The number of urea groups is 1. The molecule has 29 heavy (non-hydrogen) atoms. The highest BCUT2D eigenvalue weighted by Gasteiger charge is 2.19. The van der Waals surface area contributed by atoms with Gasteiger partial charge in [0.2, 0.25) is 0 Å². The fourth-order valence-electron chi connectivity index (χ4n) is 3.01. The van der Waals surface area contributed by atoms with Gasteiger partial charge in [0.1, 0.15) is 24.4 Å². The second-order valence-corrected chi connectivity index (χ2v) is 6.91. The molecular formula is C20H25F2N5O2. The Bertz CT molecular complexity index is 891. The monoisotopic (exact) mass is 405 g/mol. The SMILES string of the molecule is C/C(CF)=C(/F)CNC(=O)Nc1ccc(O[C@H]2CCNC2)c(-c2ccnn2C)c1. The molecular weight excluding hydrogens is 380 g/mol. The Hall–Kier alpha value is -2.94. The van der Waals surface area contributed by atoms with Crippen molar-refractivity contribution in [2.45, 2.75) is 19.4 Å². The molecule has 1 atom stereocenters. The molecule has 0 bridgehead atoms. The van der Waals surface area contributed by atoms with E-state index in [0.29, 0.717) is 11.4 Å². The molecule has 1 fully saturated rings. The summed E-state index contributed by atoms with van der Waals surface area (Å²) in [4.78, 5) is 12.1. The second-order valence-electron chi connectivity index (χ2n) is 6.91. The first-order valence-corrected chi connectivity index (χ1v) is 9.42. The van der Waals surface area contributed by atoms with Gasteiger partial charge < -0.3 is 20.7 Å². The fraction of sp³-hybridized carbons (Fsp3) is 0.400. The summed E-state index contributed by atoms with van der Waals surface area (Å²) in [6.07, 6.45) is 2.69. The topological polar surface area (TPSA) is 80.2 Å². The van der Waals surface area contributed by atoms with Crippen molar-refractivity contribution in [1.82, 2.24) is 20.4 Å². The molecule has 1 aromatic heterocycles. The Balaban J connectivity index is 1.76. The van der Waals surface area contributed by atoms with Crippen LogP contribution in [0.1, 0.15) is 13.3 Å². The van der Waals surface area contributed by atoms with Crippen LogP contribution >= 0.6 is 0 Å². The number of rotatable bonds is 7. The van der Waals surface area contributed by atoms with Crippen molar-refractivity contribution in [3.05, 3.63) is 41.9 Å². The van der Waals surface area contributed by atoms with Gasteiger partial charge in [0.05, 0.1) is 12.2 Å². The Kier molecular flexibility index (Phi) is 6.82. The molecule has 2 amide bonds. The lowest BCUT2D eigenvalue weighted by Gasteiger charge is -2.17. The smallest absolute Gasteiger partial charge is 0.319 e. The number of benzene rings is 1. The third kappa shape index (κ3) is 5.32. The van der Waals surface area contributed by atoms with Gasteiger partial charge in [0.15, 0.2) is 0 Å². The zero-order valence-corrected chi connectivity index (χ0v) is 16.5. The molecule has 3 N–H and O–H groups in total. The molecule has 0 unspecified atom stereocenters. The summed E-state index contributed by atoms with van der Waals surface area (Å²) in [6.45, 7) is 1.78. The Morgan fingerprint density at radius 2 is 2.24 bits per heavy atom. The number of carbonyl (C=O) groups is 1. The summed E-state index contributed by atoms with van der Waals surface area (Å²) >= 11 is 0. The maximum Gasteiger partial charge on any atom is 0.319 e. The molecule has 1 saturated heterocycles. The molecule has 7 nitrogen and oxygen atoms in total. The van der Waals surface area contributed by atoms with Crippen molar-refractivity contribution >= 4 is 11.7 Å². The fourth-order valence-corrected chi connectivity index (χ4v) is 3.01. The van der Waals surface area contributed by atoms with E-state index >= 15 is 0 Å². The lowest BCUT2D eigenvalue weighted by Crippen LogP contribution is -2.30. The first-order valence-electron chi connectivity index (χ1n) is 9.42. The van der Waals surface area contributed by atoms with E-state index < -0.39 is 18.5 Å². The number of allylic oxidation sites excluding steroid dienone is 1. The van der Waals surface area contributed by atoms with Crippen LogP contribution in [0.3, 0.4) is 0 Å². The van der Waals surface area contributed by atoms with Gasteiger partial charge in [0, 0.05) is 31.0 Å². The van der Waals surface area contributed by atoms with Crippen LogP contribution in [0.25, 0.3) is 11.3 Å². The number of nitrogens with one attached hydrogen (secondary N) is 3. The maximum absolute atomic E-state index is 13.6. The van der Waals surface area contributed by atoms with Gasteiger partial charge in [-0.1, -0.05) is 0 Å². The van der Waals surface area contributed by atoms with Crippen LogP contribution in [0.5, 0.6) is 5.75 Å². The molecule has 1 aliphatic heterocycles. The third-order valence-electron chi connectivity index (χ3n) is 4.71. The van der Waals surface area contributed by atoms with Crippen molar-refractivity contribution in [1.29, 1.82) is 0 Å². The van der Waals surface area contributed by atoms with Crippen molar-refractivity contribution in [3.8, 4) is 17.0 Å². The van der Waals surface area contributed by atoms with Gasteiger partial charge in [-0.05, 0) is 49.7 Å². The number of aromatic nitrogens is 2. The van der Waals surface area contributed by atoms with Crippen LogP contribution < -0.4 is 20.7 Å². The highest BCUT2D eigenvalue weighted by atomic mass is 19.1. The minimum absolute atomic E-state index is 0.0355. The number of alkyl halides is 1. The number of carbonyl (C=O) groups excluding carboxylic acids is 1. The molecule has 2 heterocycles. The summed E-state index contributed by atoms with van der Waals surface area (Å²) in [5, 5.41) is 12.5. The van der Waals surface area contributed by atoms with Crippen molar-refractivity contribution in [2.24, 2.45) is 7.05 Å². The van der Waals surface area contributed by atoms with Gasteiger partial charge in [0.25, 0.3) is 0 Å². The summed E-state index contributed by atoms with van der Waals surface area (Å²) < 4.78 is 33.9. The molecule has 1 aliphatic rings. The van der Waals surface area contributed by atoms with Crippen LogP contribution in [-0.2, 0) is 7.05 Å². The van der Waals surface area contributed by atoms with E-state index in [-0.39, 0.29) is 18.2 Å². The average Bonchev–Trinajstić information content (AvgIpc) is 3.38. The van der Waals surface area contributed by atoms with Crippen molar-refractivity contribution < 1.29 is 18.3 Å². The highest BCUT2D eigenvalue weighted by Crippen LogP contribution is 2.33. The number of amides is 2. The number of hydrogen-bond donors (Lipinski definition) is 3. The van der Waals surface area contributed by atoms with E-state index in [0.717, 1.165) is 30.8 Å². The van der Waals surface area contributed by atoms with Gasteiger partial charge in [-0.25, -0.2) is 13.6 Å². The summed E-state index contributed by atoms with van der Waals surface area (Å²) in [5.74, 6) is 0.00736. The zero-order valence-electron chi connectivity index (χ0n) is 16.5. The van der Waals surface area contributed by atoms with E-state index in [1.165, 1.54) is 6.92 Å². The number of ether oxygens (including phenoxy) is 1. The van der Waals surface area contributed by atoms with E-state index in [1.807, 2.05) is 13.1 Å². The third-order valence-corrected chi connectivity index (χ3v) is 4.71. The van der Waals surface area contributed by atoms with Crippen molar-refractivity contribution in [3.63, 3.8) is 0 Å². The number of halogens is 2. The maximum atomic E-state index is 13.6. The Morgan fingerprint density at radius 3 is 2.90 bits per heavy atom. The van der Waals surface area contributed by atoms with Crippen LogP contribution in [0.4, 0.5) is 19.3 Å². The molecule has 9 heteroatoms. The van der Waals surface area contributed by atoms with Crippen LogP contribution in [0.15, 0.2) is 41.9 Å². The zero-order chi connectivity index (χ0) is 20.8. The first-order chi connectivity index (χ1) is 14.0. The van der Waals surface area contributed by atoms with Gasteiger partial charge >= 0.3 is 6.03 Å². The van der Waals surface area contributed by atoms with E-state index in [9.17, 15) is 13.6 Å². The minimum atomic E-state index is -0.888. The predicted octanol–water partition coefficient (Wildman–Crippen LogP) is 3.16. The molecule has 0 aliphatic carbocycles. The van der Waals surface area contributed by atoms with Gasteiger partial charge in [-0.3, -0.25) is 4.68 Å². The number of hydrogen-bond acceptors (Lipinski definition) is 4. The predicted molar refractivity (Wildman–Crippen MR) is 107 cm³/mol. The molecule has 156 valence electrons. The second kappa shape index (κ2) is 9.51.